The molecule has 7 heteroatoms. The fraction of sp³-hybridized carbons (Fsp3) is 0.513. The first-order valence-corrected chi connectivity index (χ1v) is 16.1. The summed E-state index contributed by atoms with van der Waals surface area (Å²) in [6, 6.07) is 15.7. The Labute approximate surface area is 309 Å². The van der Waals surface area contributed by atoms with Crippen LogP contribution in [0.2, 0.25) is 0 Å². The SMILES string of the molecule is CC(=Nc1c(C(C)C)cc(C(C)C)cc1C(C)C)c1cccc(C(C)=Nc2c(C(C)C)cc(C(C)C)cc2C(C)C)n1.[Cl-].[Cl-].[Cl-].[Co+3]. The molecule has 0 N–H and O–H groups in total. The van der Waals surface area contributed by atoms with Crippen molar-refractivity contribution in [2.24, 2.45) is 9.98 Å². The van der Waals surface area contributed by atoms with Crippen molar-refractivity contribution in [3.8, 4) is 0 Å². The first kappa shape index (κ1) is 46.4. The number of halogens is 3. The summed E-state index contributed by atoms with van der Waals surface area (Å²) in [4.78, 5) is 15.6. The number of hydrogen-bond acceptors (Lipinski definition) is 3. The quantitative estimate of drug-likeness (QED) is 0.296. The number of nitrogens with zero attached hydrogens (tertiary/aromatic N) is 3. The van der Waals surface area contributed by atoms with Gasteiger partial charge in [0.2, 0.25) is 0 Å². The molecule has 3 aromatic rings. The van der Waals surface area contributed by atoms with Gasteiger partial charge in [0.1, 0.15) is 0 Å². The van der Waals surface area contributed by atoms with E-state index in [1.54, 1.807) is 0 Å². The van der Waals surface area contributed by atoms with Gasteiger partial charge in [-0.25, -0.2) is 4.98 Å². The molecule has 0 aliphatic heterocycles. The second-order valence-electron chi connectivity index (χ2n) is 13.8. The van der Waals surface area contributed by atoms with Gasteiger partial charge < -0.3 is 37.2 Å². The molecule has 3 nitrogen and oxygen atoms in total. The third kappa shape index (κ3) is 11.2. The summed E-state index contributed by atoms with van der Waals surface area (Å²) >= 11 is 0. The van der Waals surface area contributed by atoms with Gasteiger partial charge in [-0.05, 0) is 94.9 Å². The first-order chi connectivity index (χ1) is 19.6. The van der Waals surface area contributed by atoms with Crippen LogP contribution in [0.4, 0.5) is 11.4 Å². The van der Waals surface area contributed by atoms with Gasteiger partial charge in [-0.3, -0.25) is 9.98 Å². The molecule has 0 aliphatic rings. The predicted octanol–water partition coefficient (Wildman–Crippen LogP) is 3.11. The van der Waals surface area contributed by atoms with Crippen molar-refractivity contribution >= 4 is 22.8 Å². The molecule has 0 saturated heterocycles. The molecule has 1 aromatic heterocycles. The van der Waals surface area contributed by atoms with Crippen molar-refractivity contribution < 1.29 is 54.0 Å². The molecular formula is C39H55Cl3CoN3. The molecule has 0 spiro atoms. The Morgan fingerprint density at radius 2 is 0.739 bits per heavy atom. The Balaban J connectivity index is 0. The topological polar surface area (TPSA) is 37.6 Å². The Kier molecular flexibility index (Phi) is 20.2. The minimum absolute atomic E-state index is 0. The van der Waals surface area contributed by atoms with Gasteiger partial charge in [-0.15, -0.1) is 0 Å². The maximum atomic E-state index is 5.27. The van der Waals surface area contributed by atoms with E-state index in [0.717, 1.165) is 34.2 Å². The zero-order valence-corrected chi connectivity index (χ0v) is 33.6. The Hall–Kier alpha value is -1.69. The van der Waals surface area contributed by atoms with Crippen molar-refractivity contribution in [3.05, 3.63) is 87.2 Å². The first-order valence-electron chi connectivity index (χ1n) is 16.1. The fourth-order valence-corrected chi connectivity index (χ4v) is 5.38. The minimum atomic E-state index is 0. The third-order valence-electron chi connectivity index (χ3n) is 8.25. The standard InChI is InChI=1S/C39H55N3.3ClH.Co/c1-22(2)30-18-32(24(5)6)38(33(19-30)25(7)8)40-28(13)36-16-15-17-37(42-36)29(14)41-39-34(26(9)10)20-31(23(3)4)21-35(39)27(11)12;;;;/h15-27H,1-14H3;3*1H;/q;;;;+3/p-3. The van der Waals surface area contributed by atoms with E-state index in [1.165, 1.54) is 33.4 Å². The number of pyridine rings is 1. The van der Waals surface area contributed by atoms with Crippen molar-refractivity contribution in [2.75, 3.05) is 0 Å². The summed E-state index contributed by atoms with van der Waals surface area (Å²) in [5.41, 5.74) is 13.9. The Morgan fingerprint density at radius 1 is 0.478 bits per heavy atom. The van der Waals surface area contributed by atoms with Gasteiger partial charge >= 0.3 is 16.8 Å². The van der Waals surface area contributed by atoms with Crippen molar-refractivity contribution in [3.63, 3.8) is 0 Å². The Bertz CT molecular complexity index is 1310. The molecule has 1 heterocycles. The van der Waals surface area contributed by atoms with Crippen LogP contribution in [-0.2, 0) is 16.8 Å². The number of rotatable bonds is 10. The number of benzene rings is 2. The maximum absolute atomic E-state index is 5.27. The van der Waals surface area contributed by atoms with Gasteiger partial charge in [-0.1, -0.05) is 113 Å². The zero-order chi connectivity index (χ0) is 31.5. The van der Waals surface area contributed by atoms with Crippen LogP contribution in [0.25, 0.3) is 0 Å². The van der Waals surface area contributed by atoms with E-state index in [4.69, 9.17) is 15.0 Å². The average Bonchev–Trinajstić information content (AvgIpc) is 2.92. The van der Waals surface area contributed by atoms with E-state index >= 15 is 0 Å². The average molecular weight is 731 g/mol. The van der Waals surface area contributed by atoms with Crippen LogP contribution < -0.4 is 37.2 Å². The van der Waals surface area contributed by atoms with Gasteiger partial charge in [0.05, 0.1) is 34.2 Å². The third-order valence-corrected chi connectivity index (χ3v) is 8.25. The van der Waals surface area contributed by atoms with Crippen LogP contribution >= 0.6 is 0 Å². The molecule has 46 heavy (non-hydrogen) atoms. The minimum Gasteiger partial charge on any atom is -1.00 e. The molecule has 3 rings (SSSR count). The van der Waals surface area contributed by atoms with Crippen molar-refractivity contribution in [2.45, 2.75) is 132 Å². The normalized spacial score (nSPS) is 12.0. The summed E-state index contributed by atoms with van der Waals surface area (Å²) in [5, 5.41) is 0. The smallest absolute Gasteiger partial charge is 1.00 e. The van der Waals surface area contributed by atoms with E-state index < -0.39 is 0 Å². The van der Waals surface area contributed by atoms with Crippen LogP contribution in [0.3, 0.4) is 0 Å². The monoisotopic (exact) mass is 729 g/mol. The second-order valence-corrected chi connectivity index (χ2v) is 13.8. The van der Waals surface area contributed by atoms with Crippen molar-refractivity contribution in [1.82, 2.24) is 4.98 Å². The van der Waals surface area contributed by atoms with E-state index in [0.29, 0.717) is 35.5 Å². The van der Waals surface area contributed by atoms with Gasteiger partial charge in [-0.2, -0.15) is 0 Å². The summed E-state index contributed by atoms with van der Waals surface area (Å²) in [6.07, 6.45) is 0. The van der Waals surface area contributed by atoms with E-state index in [2.05, 4.69) is 139 Å². The fourth-order valence-electron chi connectivity index (χ4n) is 5.38. The number of aromatic nitrogens is 1. The van der Waals surface area contributed by atoms with Gasteiger partial charge in [0.15, 0.2) is 0 Å². The summed E-state index contributed by atoms with van der Waals surface area (Å²) in [5.74, 6) is 2.49. The van der Waals surface area contributed by atoms with E-state index in [9.17, 15) is 0 Å². The van der Waals surface area contributed by atoms with Gasteiger partial charge in [0, 0.05) is 0 Å². The summed E-state index contributed by atoms with van der Waals surface area (Å²) in [7, 11) is 0. The molecule has 0 fully saturated rings. The molecule has 0 unspecified atom stereocenters. The van der Waals surface area contributed by atoms with Crippen LogP contribution in [0, 0.1) is 0 Å². The van der Waals surface area contributed by atoms with Crippen LogP contribution in [0.1, 0.15) is 177 Å². The summed E-state index contributed by atoms with van der Waals surface area (Å²) in [6.45, 7) is 31.4. The molecule has 0 aliphatic carbocycles. The number of hydrogen-bond donors (Lipinski definition) is 0. The van der Waals surface area contributed by atoms with Crippen LogP contribution in [0.15, 0.2) is 52.4 Å². The van der Waals surface area contributed by atoms with E-state index in [-0.39, 0.29) is 54.0 Å². The molecule has 0 amide bonds. The van der Waals surface area contributed by atoms with Crippen molar-refractivity contribution in [1.29, 1.82) is 0 Å². The second kappa shape index (κ2) is 20.0. The largest absolute Gasteiger partial charge is 3.00 e. The molecule has 0 radical (unpaired) electrons. The molecule has 256 valence electrons. The maximum Gasteiger partial charge on any atom is 3.00 e. The zero-order valence-electron chi connectivity index (χ0n) is 30.3. The van der Waals surface area contributed by atoms with Gasteiger partial charge in [0.25, 0.3) is 0 Å². The molecule has 0 bridgehead atoms. The number of aliphatic imine (C=N–C) groups is 2. The van der Waals surface area contributed by atoms with E-state index in [1.807, 2.05) is 0 Å². The van der Waals surface area contributed by atoms with Crippen LogP contribution in [0.5, 0.6) is 0 Å². The Morgan fingerprint density at radius 3 is 0.957 bits per heavy atom. The predicted molar refractivity (Wildman–Crippen MR) is 185 cm³/mol. The molecular weight excluding hydrogens is 676 g/mol. The summed E-state index contributed by atoms with van der Waals surface area (Å²) < 4.78 is 0. The molecule has 0 atom stereocenters. The molecule has 2 aromatic carbocycles. The van der Waals surface area contributed by atoms with Crippen LogP contribution in [-0.4, -0.2) is 16.4 Å². The molecule has 0 saturated carbocycles.